The third-order valence-corrected chi connectivity index (χ3v) is 4.26. The maximum absolute atomic E-state index is 12.0. The molecule has 1 aliphatic rings. The van der Waals surface area contributed by atoms with Gasteiger partial charge >= 0.3 is 0 Å². The molecule has 0 atom stereocenters. The van der Waals surface area contributed by atoms with E-state index in [1.807, 2.05) is 4.90 Å². The second kappa shape index (κ2) is 7.29. The number of rotatable bonds is 5. The number of amides is 1. The third-order valence-electron chi connectivity index (χ3n) is 4.26. The second-order valence-electron chi connectivity index (χ2n) is 5.86. The van der Waals surface area contributed by atoms with E-state index in [9.17, 15) is 14.7 Å². The first-order valence-electron chi connectivity index (χ1n) is 7.77. The number of nitrogens with zero attached hydrogens (tertiary/aromatic N) is 2. The first kappa shape index (κ1) is 16.3. The minimum atomic E-state index is -1.09. The summed E-state index contributed by atoms with van der Waals surface area (Å²) in [5.41, 5.74) is 3.76. The molecule has 22 heavy (non-hydrogen) atoms. The number of carbonyl (C=O) groups is 2. The fraction of sp³-hybridized carbons (Fsp3) is 0.529. The van der Waals surface area contributed by atoms with Crippen molar-refractivity contribution in [3.8, 4) is 0 Å². The van der Waals surface area contributed by atoms with Crippen LogP contribution in [0.15, 0.2) is 18.2 Å². The molecule has 5 heteroatoms. The molecule has 0 aliphatic carbocycles. The minimum Gasteiger partial charge on any atom is -0.550 e. The summed E-state index contributed by atoms with van der Waals surface area (Å²) in [6.07, 6.45) is 0.602. The molecule has 0 aromatic heterocycles. The summed E-state index contributed by atoms with van der Waals surface area (Å²) in [6.45, 7) is 7.22. The molecule has 0 N–H and O–H groups in total. The van der Waals surface area contributed by atoms with Crippen molar-refractivity contribution in [2.24, 2.45) is 0 Å². The highest BCUT2D eigenvalue weighted by Crippen LogP contribution is 2.20. The number of aliphatic carboxylic acids is 1. The van der Waals surface area contributed by atoms with Gasteiger partial charge in [-0.3, -0.25) is 4.79 Å². The monoisotopic (exact) mass is 303 g/mol. The van der Waals surface area contributed by atoms with Crippen LogP contribution in [0, 0.1) is 13.8 Å². The van der Waals surface area contributed by atoms with Crippen LogP contribution in [-0.4, -0.2) is 43.0 Å². The van der Waals surface area contributed by atoms with Gasteiger partial charge in [-0.2, -0.15) is 0 Å². The van der Waals surface area contributed by atoms with E-state index in [4.69, 9.17) is 0 Å². The Labute approximate surface area is 131 Å². The van der Waals surface area contributed by atoms with Crippen molar-refractivity contribution in [1.29, 1.82) is 0 Å². The first-order chi connectivity index (χ1) is 10.5. The number of benzene rings is 1. The van der Waals surface area contributed by atoms with Crippen molar-refractivity contribution in [3.63, 3.8) is 0 Å². The van der Waals surface area contributed by atoms with Crippen LogP contribution < -0.4 is 10.0 Å². The summed E-state index contributed by atoms with van der Waals surface area (Å²) in [7, 11) is 0. The Balaban J connectivity index is 1.83. The molecule has 1 aliphatic heterocycles. The van der Waals surface area contributed by atoms with E-state index in [1.54, 1.807) is 0 Å². The van der Waals surface area contributed by atoms with E-state index in [-0.39, 0.29) is 18.7 Å². The van der Waals surface area contributed by atoms with Gasteiger partial charge in [0.15, 0.2) is 0 Å². The van der Waals surface area contributed by atoms with E-state index < -0.39 is 5.97 Å². The van der Waals surface area contributed by atoms with Gasteiger partial charge in [-0.25, -0.2) is 0 Å². The van der Waals surface area contributed by atoms with Crippen molar-refractivity contribution in [3.05, 3.63) is 29.3 Å². The molecule has 1 aromatic rings. The molecule has 2 rings (SSSR count). The molecular weight excluding hydrogens is 280 g/mol. The maximum atomic E-state index is 12.0. The van der Waals surface area contributed by atoms with E-state index in [0.29, 0.717) is 19.5 Å². The highest BCUT2D eigenvalue weighted by Gasteiger charge is 2.21. The van der Waals surface area contributed by atoms with Crippen molar-refractivity contribution in [2.75, 3.05) is 31.1 Å². The van der Waals surface area contributed by atoms with Crippen LogP contribution in [0.3, 0.4) is 0 Å². The van der Waals surface area contributed by atoms with Crippen molar-refractivity contribution < 1.29 is 14.7 Å². The van der Waals surface area contributed by atoms with Crippen molar-refractivity contribution >= 4 is 17.6 Å². The third kappa shape index (κ3) is 4.23. The Kier molecular flexibility index (Phi) is 5.41. The van der Waals surface area contributed by atoms with Gasteiger partial charge in [0.25, 0.3) is 0 Å². The zero-order valence-electron chi connectivity index (χ0n) is 13.3. The maximum Gasteiger partial charge on any atom is 0.222 e. The van der Waals surface area contributed by atoms with Crippen molar-refractivity contribution in [1.82, 2.24) is 4.90 Å². The van der Waals surface area contributed by atoms with E-state index in [2.05, 4.69) is 36.9 Å². The molecule has 1 fully saturated rings. The summed E-state index contributed by atoms with van der Waals surface area (Å²) in [5, 5.41) is 10.4. The number of carboxylic acids is 1. The molecule has 1 heterocycles. The van der Waals surface area contributed by atoms with Crippen LogP contribution >= 0.6 is 0 Å². The number of carbonyl (C=O) groups excluding carboxylic acids is 2. The lowest BCUT2D eigenvalue weighted by Gasteiger charge is -2.36. The largest absolute Gasteiger partial charge is 0.550 e. The number of aryl methyl sites for hydroxylation is 2. The Bertz CT molecular complexity index is 549. The van der Waals surface area contributed by atoms with Crippen LogP contribution in [0.5, 0.6) is 0 Å². The Morgan fingerprint density at radius 2 is 1.73 bits per heavy atom. The topological polar surface area (TPSA) is 63.7 Å². The lowest BCUT2D eigenvalue weighted by Crippen LogP contribution is -2.48. The molecule has 0 unspecified atom stereocenters. The van der Waals surface area contributed by atoms with E-state index in [0.717, 1.165) is 13.1 Å². The van der Waals surface area contributed by atoms with Crippen LogP contribution in [0.1, 0.15) is 30.4 Å². The molecule has 1 aromatic carbocycles. The standard InChI is InChI=1S/C17H24N2O3/c1-13-6-7-15(12-14(13)2)18-8-10-19(11-9-18)16(20)4-3-5-17(21)22/h6-7,12H,3-5,8-11H2,1-2H3,(H,21,22)/p-1. The first-order valence-corrected chi connectivity index (χ1v) is 7.77. The number of hydrogen-bond acceptors (Lipinski definition) is 4. The van der Waals surface area contributed by atoms with Gasteiger partial charge in [0, 0.05) is 44.3 Å². The number of anilines is 1. The SMILES string of the molecule is Cc1ccc(N2CCN(C(=O)CCCC(=O)[O-])CC2)cc1C. The fourth-order valence-electron chi connectivity index (χ4n) is 2.68. The van der Waals surface area contributed by atoms with Gasteiger partial charge in [0.2, 0.25) is 5.91 Å². The van der Waals surface area contributed by atoms with Gasteiger partial charge in [0.1, 0.15) is 0 Å². The average molecular weight is 303 g/mol. The molecule has 0 radical (unpaired) electrons. The van der Waals surface area contributed by atoms with Crippen LogP contribution in [0.25, 0.3) is 0 Å². The van der Waals surface area contributed by atoms with Crippen LogP contribution in [-0.2, 0) is 9.59 Å². The predicted octanol–water partition coefficient (Wildman–Crippen LogP) is 0.872. The summed E-state index contributed by atoms with van der Waals surface area (Å²) < 4.78 is 0. The summed E-state index contributed by atoms with van der Waals surface area (Å²) in [5.74, 6) is -1.05. The lowest BCUT2D eigenvalue weighted by molar-refractivity contribution is -0.305. The van der Waals surface area contributed by atoms with E-state index in [1.165, 1.54) is 16.8 Å². The predicted molar refractivity (Wildman–Crippen MR) is 83.6 cm³/mol. The highest BCUT2D eigenvalue weighted by molar-refractivity contribution is 5.77. The fourth-order valence-corrected chi connectivity index (χ4v) is 2.68. The van der Waals surface area contributed by atoms with Gasteiger partial charge in [-0.05, 0) is 49.9 Å². The smallest absolute Gasteiger partial charge is 0.222 e. The molecule has 0 spiro atoms. The number of hydrogen-bond donors (Lipinski definition) is 0. The highest BCUT2D eigenvalue weighted by atomic mass is 16.4. The minimum absolute atomic E-state index is 0.0426. The van der Waals surface area contributed by atoms with Crippen LogP contribution in [0.4, 0.5) is 5.69 Å². The zero-order valence-corrected chi connectivity index (χ0v) is 13.3. The second-order valence-corrected chi connectivity index (χ2v) is 5.86. The Morgan fingerprint density at radius 3 is 2.32 bits per heavy atom. The Morgan fingerprint density at radius 1 is 1.05 bits per heavy atom. The van der Waals surface area contributed by atoms with Crippen LogP contribution in [0.2, 0.25) is 0 Å². The lowest BCUT2D eigenvalue weighted by atomic mass is 10.1. The molecule has 1 saturated heterocycles. The number of carboxylic acid groups (broad SMARTS) is 1. The Hall–Kier alpha value is -2.04. The average Bonchev–Trinajstić information content (AvgIpc) is 2.50. The van der Waals surface area contributed by atoms with E-state index >= 15 is 0 Å². The quantitative estimate of drug-likeness (QED) is 0.810. The van der Waals surface area contributed by atoms with Gasteiger partial charge in [0.05, 0.1) is 0 Å². The molecular formula is C17H23N2O3-. The zero-order chi connectivity index (χ0) is 16.1. The molecule has 0 bridgehead atoms. The molecule has 5 nitrogen and oxygen atoms in total. The molecule has 1 amide bonds. The normalized spacial score (nSPS) is 15.0. The molecule has 120 valence electrons. The molecule has 0 saturated carbocycles. The summed E-state index contributed by atoms with van der Waals surface area (Å²) >= 11 is 0. The van der Waals surface area contributed by atoms with Gasteiger partial charge in [-0.15, -0.1) is 0 Å². The van der Waals surface area contributed by atoms with Gasteiger partial charge in [-0.1, -0.05) is 6.07 Å². The van der Waals surface area contributed by atoms with Crippen molar-refractivity contribution in [2.45, 2.75) is 33.1 Å². The van der Waals surface area contributed by atoms with Gasteiger partial charge < -0.3 is 19.7 Å². The summed E-state index contributed by atoms with van der Waals surface area (Å²) in [4.78, 5) is 26.5. The number of piperazine rings is 1. The summed E-state index contributed by atoms with van der Waals surface area (Å²) in [6, 6.07) is 6.44.